The number of guanidine groups is 1. The first-order valence-electron chi connectivity index (χ1n) is 10.6. The number of morpholine rings is 1. The van der Waals surface area contributed by atoms with Crippen LogP contribution in [0.15, 0.2) is 53.5 Å². The summed E-state index contributed by atoms with van der Waals surface area (Å²) in [5.41, 5.74) is 0.936. The van der Waals surface area contributed by atoms with Gasteiger partial charge in [0.05, 0.1) is 25.8 Å². The number of nitrogens with one attached hydrogen (secondary N) is 2. The highest BCUT2D eigenvalue weighted by Crippen LogP contribution is 2.30. The molecule has 2 atom stereocenters. The molecule has 1 fully saturated rings. The molecule has 0 saturated carbocycles. The van der Waals surface area contributed by atoms with Crippen molar-refractivity contribution in [1.82, 2.24) is 15.5 Å². The van der Waals surface area contributed by atoms with E-state index in [0.29, 0.717) is 38.9 Å². The summed E-state index contributed by atoms with van der Waals surface area (Å²) in [6, 6.07) is 14.5. The van der Waals surface area contributed by atoms with Crippen molar-refractivity contribution < 1.29 is 18.6 Å². The normalized spacial score (nSPS) is 20.2. The fraction of sp³-hybridized carbons (Fsp3) is 0.435. The van der Waals surface area contributed by atoms with Crippen LogP contribution in [0.4, 0.5) is 4.39 Å². The molecule has 4 rings (SSSR count). The number of aliphatic imine (C=N–C) groups is 1. The Bertz CT molecular complexity index is 889. The zero-order valence-electron chi connectivity index (χ0n) is 17.7. The molecular formula is C23H29FN4O3. The molecule has 2 N–H and O–H groups in total. The quantitative estimate of drug-likeness (QED) is 0.543. The Hall–Kier alpha value is -2.84. The molecule has 2 aromatic rings. The third kappa shape index (κ3) is 5.65. The minimum Gasteiger partial charge on any atom is -0.486 e. The average molecular weight is 429 g/mol. The smallest absolute Gasteiger partial charge is 0.191 e. The van der Waals surface area contributed by atoms with Crippen molar-refractivity contribution in [1.29, 1.82) is 0 Å². The van der Waals surface area contributed by atoms with E-state index in [4.69, 9.17) is 14.2 Å². The van der Waals surface area contributed by atoms with E-state index in [1.165, 1.54) is 6.07 Å². The van der Waals surface area contributed by atoms with E-state index >= 15 is 0 Å². The number of rotatable bonds is 6. The molecule has 2 aromatic carbocycles. The van der Waals surface area contributed by atoms with Gasteiger partial charge in [-0.25, -0.2) is 4.39 Å². The summed E-state index contributed by atoms with van der Waals surface area (Å²) in [6.45, 7) is 4.59. The lowest BCUT2D eigenvalue weighted by Crippen LogP contribution is -2.48. The Morgan fingerprint density at radius 2 is 1.94 bits per heavy atom. The van der Waals surface area contributed by atoms with Crippen LogP contribution in [-0.4, -0.2) is 70.0 Å². The number of hydrogen-bond acceptors (Lipinski definition) is 5. The number of ether oxygens (including phenoxy) is 3. The maximum Gasteiger partial charge on any atom is 0.191 e. The lowest BCUT2D eigenvalue weighted by atomic mass is 10.0. The van der Waals surface area contributed by atoms with E-state index < -0.39 is 0 Å². The van der Waals surface area contributed by atoms with E-state index in [2.05, 4.69) is 20.5 Å². The molecule has 0 aromatic heterocycles. The molecule has 0 bridgehead atoms. The van der Waals surface area contributed by atoms with Crippen molar-refractivity contribution in [2.75, 3.05) is 53.0 Å². The standard InChI is InChI=1S/C23H29FN4O3/c1-25-23(26-14-19-16-30-21-7-2-3-8-22(21)31-19)27-15-20(28-9-11-29-12-10-28)17-5-4-6-18(24)13-17/h2-8,13,19-20H,9-12,14-16H2,1H3,(H2,25,26,27). The van der Waals surface area contributed by atoms with Crippen molar-refractivity contribution in [3.05, 3.63) is 59.9 Å². The highest BCUT2D eigenvalue weighted by Gasteiger charge is 2.24. The van der Waals surface area contributed by atoms with Gasteiger partial charge in [-0.1, -0.05) is 24.3 Å². The molecule has 2 unspecified atom stereocenters. The molecule has 0 amide bonds. The third-order valence-electron chi connectivity index (χ3n) is 5.47. The summed E-state index contributed by atoms with van der Waals surface area (Å²) in [4.78, 5) is 6.64. The third-order valence-corrected chi connectivity index (χ3v) is 5.47. The molecule has 0 radical (unpaired) electrons. The summed E-state index contributed by atoms with van der Waals surface area (Å²) >= 11 is 0. The predicted octanol–water partition coefficient (Wildman–Crippen LogP) is 2.20. The summed E-state index contributed by atoms with van der Waals surface area (Å²) in [6.07, 6.45) is -0.119. The van der Waals surface area contributed by atoms with Crippen LogP contribution in [0.25, 0.3) is 0 Å². The fourth-order valence-electron chi connectivity index (χ4n) is 3.85. The number of halogens is 1. The Kier molecular flexibility index (Phi) is 7.22. The molecule has 0 spiro atoms. The zero-order chi connectivity index (χ0) is 21.5. The van der Waals surface area contributed by atoms with E-state index in [-0.39, 0.29) is 18.0 Å². The van der Waals surface area contributed by atoms with Gasteiger partial charge in [-0.15, -0.1) is 0 Å². The second-order valence-corrected chi connectivity index (χ2v) is 7.55. The minimum absolute atomic E-state index is 0.0132. The molecule has 166 valence electrons. The second-order valence-electron chi connectivity index (χ2n) is 7.55. The van der Waals surface area contributed by atoms with Crippen molar-refractivity contribution in [3.63, 3.8) is 0 Å². The van der Waals surface area contributed by atoms with Crippen molar-refractivity contribution in [3.8, 4) is 11.5 Å². The second kappa shape index (κ2) is 10.5. The molecule has 7 nitrogen and oxygen atoms in total. The summed E-state index contributed by atoms with van der Waals surface area (Å²) < 4.78 is 31.1. The Labute approximate surface area is 182 Å². The zero-order valence-corrected chi connectivity index (χ0v) is 17.7. The number of para-hydroxylation sites is 2. The molecule has 2 heterocycles. The molecule has 0 aliphatic carbocycles. The highest BCUT2D eigenvalue weighted by atomic mass is 19.1. The minimum atomic E-state index is -0.229. The molecule has 1 saturated heterocycles. The topological polar surface area (TPSA) is 67.4 Å². The monoisotopic (exact) mass is 428 g/mol. The van der Waals surface area contributed by atoms with E-state index in [0.717, 1.165) is 30.2 Å². The van der Waals surface area contributed by atoms with Crippen LogP contribution in [0.3, 0.4) is 0 Å². The van der Waals surface area contributed by atoms with Gasteiger partial charge in [0, 0.05) is 26.7 Å². The van der Waals surface area contributed by atoms with Crippen LogP contribution in [0, 0.1) is 5.82 Å². The Morgan fingerprint density at radius 3 is 2.71 bits per heavy atom. The summed E-state index contributed by atoms with van der Waals surface area (Å²) in [7, 11) is 1.73. The van der Waals surface area contributed by atoms with E-state index in [1.54, 1.807) is 19.2 Å². The van der Waals surface area contributed by atoms with Crippen LogP contribution >= 0.6 is 0 Å². The first kappa shape index (κ1) is 21.4. The van der Waals surface area contributed by atoms with Gasteiger partial charge >= 0.3 is 0 Å². The average Bonchev–Trinajstić information content (AvgIpc) is 2.82. The Morgan fingerprint density at radius 1 is 1.13 bits per heavy atom. The van der Waals surface area contributed by atoms with Crippen LogP contribution in [0.5, 0.6) is 11.5 Å². The van der Waals surface area contributed by atoms with Gasteiger partial charge in [-0.3, -0.25) is 9.89 Å². The molecule has 31 heavy (non-hydrogen) atoms. The van der Waals surface area contributed by atoms with Crippen LogP contribution in [0.1, 0.15) is 11.6 Å². The first-order chi connectivity index (χ1) is 15.2. The summed E-state index contributed by atoms with van der Waals surface area (Å²) in [5.74, 6) is 1.96. The van der Waals surface area contributed by atoms with E-state index in [1.807, 2.05) is 30.3 Å². The number of nitrogens with zero attached hydrogens (tertiary/aromatic N) is 2. The van der Waals surface area contributed by atoms with E-state index in [9.17, 15) is 4.39 Å². The molecular weight excluding hydrogens is 399 g/mol. The number of fused-ring (bicyclic) bond motifs is 1. The van der Waals surface area contributed by atoms with Crippen molar-refractivity contribution >= 4 is 5.96 Å². The first-order valence-corrected chi connectivity index (χ1v) is 10.6. The van der Waals surface area contributed by atoms with Gasteiger partial charge in [0.15, 0.2) is 17.5 Å². The molecule has 2 aliphatic heterocycles. The Balaban J connectivity index is 1.34. The number of hydrogen-bond donors (Lipinski definition) is 2. The van der Waals surface area contributed by atoms with Crippen LogP contribution in [0.2, 0.25) is 0 Å². The lowest BCUT2D eigenvalue weighted by Gasteiger charge is -2.35. The molecule has 2 aliphatic rings. The number of benzene rings is 2. The van der Waals surface area contributed by atoms with Gasteiger partial charge in [0.25, 0.3) is 0 Å². The summed E-state index contributed by atoms with van der Waals surface area (Å²) in [5, 5.41) is 6.69. The van der Waals surface area contributed by atoms with Crippen LogP contribution < -0.4 is 20.1 Å². The predicted molar refractivity (Wildman–Crippen MR) is 117 cm³/mol. The van der Waals surface area contributed by atoms with Crippen molar-refractivity contribution in [2.24, 2.45) is 4.99 Å². The largest absolute Gasteiger partial charge is 0.486 e. The maximum absolute atomic E-state index is 13.9. The van der Waals surface area contributed by atoms with Gasteiger partial charge in [-0.05, 0) is 29.8 Å². The van der Waals surface area contributed by atoms with Gasteiger partial charge in [0.1, 0.15) is 18.5 Å². The van der Waals surface area contributed by atoms with Gasteiger partial charge in [0.2, 0.25) is 0 Å². The maximum atomic E-state index is 13.9. The van der Waals surface area contributed by atoms with Crippen LogP contribution in [-0.2, 0) is 4.74 Å². The highest BCUT2D eigenvalue weighted by molar-refractivity contribution is 5.79. The lowest BCUT2D eigenvalue weighted by molar-refractivity contribution is 0.0169. The van der Waals surface area contributed by atoms with Crippen molar-refractivity contribution in [2.45, 2.75) is 12.1 Å². The SMILES string of the molecule is CN=C(NCC1COc2ccccc2O1)NCC(c1cccc(F)c1)N1CCOCC1. The van der Waals surface area contributed by atoms with Gasteiger partial charge in [-0.2, -0.15) is 0 Å². The molecule has 8 heteroatoms. The van der Waals surface area contributed by atoms with Gasteiger partial charge < -0.3 is 24.8 Å². The fourth-order valence-corrected chi connectivity index (χ4v) is 3.85.